The van der Waals surface area contributed by atoms with Gasteiger partial charge in [-0.25, -0.2) is 0 Å². The summed E-state index contributed by atoms with van der Waals surface area (Å²) in [5.74, 6) is 1.93. The lowest BCUT2D eigenvalue weighted by atomic mass is 9.61. The highest BCUT2D eigenvalue weighted by Gasteiger charge is 2.39. The number of ether oxygens (including phenoxy) is 1. The molecular formula is C16H30O. The van der Waals surface area contributed by atoms with Crippen molar-refractivity contribution in [1.82, 2.24) is 0 Å². The fourth-order valence-electron chi connectivity index (χ4n) is 4.22. The van der Waals surface area contributed by atoms with Gasteiger partial charge in [-0.15, -0.1) is 0 Å². The standard InChI is InChI=1S/C16H30O/c1-16(2,13-7-5-4-6-8-13)14-9-11-15(17-3)12-10-14/h13-15H,4-12H2,1-3H3. The van der Waals surface area contributed by atoms with Gasteiger partial charge in [-0.1, -0.05) is 33.1 Å². The average Bonchev–Trinajstić information content (AvgIpc) is 2.40. The lowest BCUT2D eigenvalue weighted by Gasteiger charge is -2.45. The van der Waals surface area contributed by atoms with Crippen LogP contribution in [0.1, 0.15) is 71.6 Å². The Bertz CT molecular complexity index is 220. The predicted molar refractivity (Wildman–Crippen MR) is 73.1 cm³/mol. The molecule has 0 unspecified atom stereocenters. The highest BCUT2D eigenvalue weighted by Crippen LogP contribution is 2.48. The Labute approximate surface area is 107 Å². The van der Waals surface area contributed by atoms with Crippen LogP contribution in [-0.2, 0) is 4.74 Å². The fraction of sp³-hybridized carbons (Fsp3) is 1.00. The third-order valence-corrected chi connectivity index (χ3v) is 5.72. The molecule has 0 aromatic rings. The van der Waals surface area contributed by atoms with Crippen molar-refractivity contribution in [2.75, 3.05) is 7.11 Å². The van der Waals surface area contributed by atoms with Crippen LogP contribution in [0.25, 0.3) is 0 Å². The second-order valence-corrected chi connectivity index (χ2v) is 6.87. The summed E-state index contributed by atoms with van der Waals surface area (Å²) in [6.45, 7) is 5.08. The lowest BCUT2D eigenvalue weighted by Crippen LogP contribution is -2.37. The van der Waals surface area contributed by atoms with Crippen molar-refractivity contribution in [3.05, 3.63) is 0 Å². The second-order valence-electron chi connectivity index (χ2n) is 6.87. The zero-order valence-corrected chi connectivity index (χ0v) is 12.0. The van der Waals surface area contributed by atoms with Crippen LogP contribution in [0.15, 0.2) is 0 Å². The summed E-state index contributed by atoms with van der Waals surface area (Å²) in [5, 5.41) is 0. The van der Waals surface area contributed by atoms with Gasteiger partial charge in [0.25, 0.3) is 0 Å². The summed E-state index contributed by atoms with van der Waals surface area (Å²) in [6, 6.07) is 0. The van der Waals surface area contributed by atoms with Gasteiger partial charge in [0.2, 0.25) is 0 Å². The Morgan fingerprint density at radius 1 is 0.765 bits per heavy atom. The smallest absolute Gasteiger partial charge is 0.0571 e. The van der Waals surface area contributed by atoms with Crippen LogP contribution in [0.4, 0.5) is 0 Å². The Morgan fingerprint density at radius 2 is 1.29 bits per heavy atom. The van der Waals surface area contributed by atoms with Crippen LogP contribution < -0.4 is 0 Å². The van der Waals surface area contributed by atoms with Gasteiger partial charge in [-0.05, 0) is 55.8 Å². The maximum atomic E-state index is 5.50. The van der Waals surface area contributed by atoms with E-state index in [1.165, 1.54) is 57.8 Å². The van der Waals surface area contributed by atoms with Crippen molar-refractivity contribution in [2.45, 2.75) is 77.7 Å². The molecule has 0 amide bonds. The van der Waals surface area contributed by atoms with E-state index in [-0.39, 0.29) is 0 Å². The molecule has 1 nitrogen and oxygen atoms in total. The molecule has 0 bridgehead atoms. The number of hydrogen-bond donors (Lipinski definition) is 0. The van der Waals surface area contributed by atoms with Crippen LogP contribution in [0.2, 0.25) is 0 Å². The van der Waals surface area contributed by atoms with Crippen molar-refractivity contribution in [3.63, 3.8) is 0 Å². The monoisotopic (exact) mass is 238 g/mol. The normalized spacial score (nSPS) is 32.6. The third kappa shape index (κ3) is 3.05. The summed E-state index contributed by atoms with van der Waals surface area (Å²) in [5.41, 5.74) is 0.569. The quantitative estimate of drug-likeness (QED) is 0.686. The molecule has 0 N–H and O–H groups in total. The molecule has 0 aliphatic heterocycles. The van der Waals surface area contributed by atoms with Gasteiger partial charge in [0, 0.05) is 7.11 Å². The minimum Gasteiger partial charge on any atom is -0.381 e. The molecule has 100 valence electrons. The SMILES string of the molecule is COC1CCC(C(C)(C)C2CCCCC2)CC1. The van der Waals surface area contributed by atoms with E-state index in [1.54, 1.807) is 0 Å². The Morgan fingerprint density at radius 3 is 1.82 bits per heavy atom. The van der Waals surface area contributed by atoms with E-state index >= 15 is 0 Å². The van der Waals surface area contributed by atoms with E-state index in [0.29, 0.717) is 11.5 Å². The van der Waals surface area contributed by atoms with Gasteiger partial charge < -0.3 is 4.74 Å². The van der Waals surface area contributed by atoms with Crippen LogP contribution in [0, 0.1) is 17.3 Å². The van der Waals surface area contributed by atoms with Crippen molar-refractivity contribution in [2.24, 2.45) is 17.3 Å². The van der Waals surface area contributed by atoms with E-state index in [2.05, 4.69) is 13.8 Å². The molecule has 2 rings (SSSR count). The molecular weight excluding hydrogens is 208 g/mol. The van der Waals surface area contributed by atoms with Gasteiger partial charge in [0.05, 0.1) is 6.10 Å². The first kappa shape index (κ1) is 13.4. The van der Waals surface area contributed by atoms with Crippen LogP contribution in [0.3, 0.4) is 0 Å². The maximum Gasteiger partial charge on any atom is 0.0571 e. The first-order chi connectivity index (χ1) is 8.14. The molecule has 0 radical (unpaired) electrons. The Kier molecular flexibility index (Phi) is 4.52. The van der Waals surface area contributed by atoms with Crippen LogP contribution >= 0.6 is 0 Å². The Balaban J connectivity index is 1.91. The van der Waals surface area contributed by atoms with E-state index < -0.39 is 0 Å². The van der Waals surface area contributed by atoms with Gasteiger partial charge in [0.15, 0.2) is 0 Å². The van der Waals surface area contributed by atoms with Gasteiger partial charge in [-0.2, -0.15) is 0 Å². The molecule has 1 heteroatoms. The first-order valence-electron chi connectivity index (χ1n) is 7.67. The maximum absolute atomic E-state index is 5.50. The number of rotatable bonds is 3. The van der Waals surface area contributed by atoms with E-state index in [9.17, 15) is 0 Å². The molecule has 2 aliphatic rings. The van der Waals surface area contributed by atoms with E-state index in [1.807, 2.05) is 7.11 Å². The van der Waals surface area contributed by atoms with Crippen LogP contribution in [-0.4, -0.2) is 13.2 Å². The molecule has 2 fully saturated rings. The van der Waals surface area contributed by atoms with Crippen molar-refractivity contribution in [3.8, 4) is 0 Å². The summed E-state index contributed by atoms with van der Waals surface area (Å²) in [7, 11) is 1.87. The molecule has 0 aromatic heterocycles. The Hall–Kier alpha value is -0.0400. The highest BCUT2D eigenvalue weighted by atomic mass is 16.5. The van der Waals surface area contributed by atoms with Crippen molar-refractivity contribution >= 4 is 0 Å². The molecule has 0 saturated heterocycles. The van der Waals surface area contributed by atoms with E-state index in [0.717, 1.165) is 11.8 Å². The fourth-order valence-corrected chi connectivity index (χ4v) is 4.22. The molecule has 2 aliphatic carbocycles. The molecule has 17 heavy (non-hydrogen) atoms. The molecule has 0 heterocycles. The van der Waals surface area contributed by atoms with Gasteiger partial charge >= 0.3 is 0 Å². The zero-order chi connectivity index (χ0) is 12.3. The van der Waals surface area contributed by atoms with Gasteiger partial charge in [-0.3, -0.25) is 0 Å². The van der Waals surface area contributed by atoms with Crippen molar-refractivity contribution in [1.29, 1.82) is 0 Å². The summed E-state index contributed by atoms with van der Waals surface area (Å²) < 4.78 is 5.50. The molecule has 0 spiro atoms. The molecule has 0 aromatic carbocycles. The van der Waals surface area contributed by atoms with Crippen molar-refractivity contribution < 1.29 is 4.74 Å². The number of hydrogen-bond acceptors (Lipinski definition) is 1. The second kappa shape index (κ2) is 5.73. The van der Waals surface area contributed by atoms with Crippen LogP contribution in [0.5, 0.6) is 0 Å². The zero-order valence-electron chi connectivity index (χ0n) is 12.0. The lowest BCUT2D eigenvalue weighted by molar-refractivity contribution is 0.00397. The molecule has 0 atom stereocenters. The topological polar surface area (TPSA) is 9.23 Å². The minimum atomic E-state index is 0.549. The summed E-state index contributed by atoms with van der Waals surface area (Å²) in [6.07, 6.45) is 13.3. The van der Waals surface area contributed by atoms with Gasteiger partial charge in [0.1, 0.15) is 0 Å². The minimum absolute atomic E-state index is 0.549. The summed E-state index contributed by atoms with van der Waals surface area (Å²) >= 11 is 0. The molecule has 2 saturated carbocycles. The summed E-state index contributed by atoms with van der Waals surface area (Å²) in [4.78, 5) is 0. The highest BCUT2D eigenvalue weighted by molar-refractivity contribution is 4.89. The van der Waals surface area contributed by atoms with E-state index in [4.69, 9.17) is 4.74 Å². The first-order valence-corrected chi connectivity index (χ1v) is 7.67. The average molecular weight is 238 g/mol. The predicted octanol–water partition coefficient (Wildman–Crippen LogP) is 4.80. The largest absolute Gasteiger partial charge is 0.381 e. The number of methoxy groups -OCH3 is 1. The third-order valence-electron chi connectivity index (χ3n) is 5.72.